The lowest BCUT2D eigenvalue weighted by Gasteiger charge is -2.33. The van der Waals surface area contributed by atoms with Crippen molar-refractivity contribution in [1.82, 2.24) is 4.90 Å². The first-order valence-electron chi connectivity index (χ1n) is 12.7. The molecule has 0 radical (unpaired) electrons. The predicted octanol–water partition coefficient (Wildman–Crippen LogP) is 6.36. The molecule has 2 atom stereocenters. The van der Waals surface area contributed by atoms with Crippen LogP contribution in [-0.4, -0.2) is 43.9 Å². The zero-order valence-corrected chi connectivity index (χ0v) is 20.8. The normalized spacial score (nSPS) is 19.9. The van der Waals surface area contributed by atoms with Crippen LogP contribution in [0, 0.1) is 0 Å². The van der Waals surface area contributed by atoms with Gasteiger partial charge in [-0.05, 0) is 65.6 Å². The molecule has 1 fully saturated rings. The van der Waals surface area contributed by atoms with Gasteiger partial charge in [0.25, 0.3) is 0 Å². The number of ether oxygens (including phenoxy) is 3. The highest BCUT2D eigenvalue weighted by molar-refractivity contribution is 5.79. The molecule has 0 N–H and O–H groups in total. The molecule has 6 rings (SSSR count). The van der Waals surface area contributed by atoms with Crippen LogP contribution in [0.5, 0.6) is 11.5 Å². The quantitative estimate of drug-likeness (QED) is 0.385. The van der Waals surface area contributed by atoms with Crippen molar-refractivity contribution >= 4 is 6.09 Å². The van der Waals surface area contributed by atoms with Crippen molar-refractivity contribution in [3.8, 4) is 22.6 Å². The summed E-state index contributed by atoms with van der Waals surface area (Å²) in [6, 6.07) is 23.2. The lowest BCUT2D eigenvalue weighted by molar-refractivity contribution is 0.0849. The van der Waals surface area contributed by atoms with Crippen molar-refractivity contribution in [1.29, 1.82) is 0 Å². The third kappa shape index (κ3) is 4.02. The third-order valence-corrected chi connectivity index (χ3v) is 7.86. The van der Waals surface area contributed by atoms with E-state index >= 15 is 0 Å². The van der Waals surface area contributed by atoms with Gasteiger partial charge in [0.2, 0.25) is 0 Å². The summed E-state index contributed by atoms with van der Waals surface area (Å²) in [5, 5.41) is 0. The van der Waals surface area contributed by atoms with Gasteiger partial charge in [-0.2, -0.15) is 0 Å². The predicted molar refractivity (Wildman–Crippen MR) is 140 cm³/mol. The van der Waals surface area contributed by atoms with Crippen LogP contribution in [0.4, 0.5) is 4.79 Å². The van der Waals surface area contributed by atoms with Gasteiger partial charge in [-0.15, -0.1) is 0 Å². The van der Waals surface area contributed by atoms with E-state index in [-0.39, 0.29) is 24.1 Å². The Hall–Kier alpha value is -3.73. The lowest BCUT2D eigenvalue weighted by atomic mass is 9.95. The first-order valence-corrected chi connectivity index (χ1v) is 12.7. The summed E-state index contributed by atoms with van der Waals surface area (Å²) in [7, 11) is 3.34. The van der Waals surface area contributed by atoms with E-state index in [1.165, 1.54) is 27.8 Å². The van der Waals surface area contributed by atoms with E-state index in [2.05, 4.69) is 66.7 Å². The van der Waals surface area contributed by atoms with Gasteiger partial charge in [-0.3, -0.25) is 4.90 Å². The maximum atomic E-state index is 13.3. The molecule has 1 aliphatic carbocycles. The van der Waals surface area contributed by atoms with E-state index in [0.717, 1.165) is 42.7 Å². The highest BCUT2D eigenvalue weighted by Gasteiger charge is 2.41. The molecule has 3 aromatic rings. The molecule has 0 aromatic heterocycles. The fourth-order valence-corrected chi connectivity index (χ4v) is 6.23. The first kappa shape index (κ1) is 22.7. The van der Waals surface area contributed by atoms with Crippen LogP contribution in [0.1, 0.15) is 41.9 Å². The molecule has 36 heavy (non-hydrogen) atoms. The second-order valence-corrected chi connectivity index (χ2v) is 9.94. The van der Waals surface area contributed by atoms with Crippen molar-refractivity contribution in [3.63, 3.8) is 0 Å². The van der Waals surface area contributed by atoms with E-state index in [1.54, 1.807) is 14.2 Å². The SMILES string of the molecule is COc1cc(CC2=CC3CCC(C2)N3C(=O)OCC2c3ccccc3-c3ccccc32)cc(OC)c1. The van der Waals surface area contributed by atoms with Crippen molar-refractivity contribution in [2.75, 3.05) is 20.8 Å². The summed E-state index contributed by atoms with van der Waals surface area (Å²) in [6.45, 7) is 0.364. The number of amides is 1. The maximum absolute atomic E-state index is 13.3. The monoisotopic (exact) mass is 481 g/mol. The van der Waals surface area contributed by atoms with Crippen molar-refractivity contribution in [2.45, 2.75) is 43.7 Å². The number of hydrogen-bond donors (Lipinski definition) is 0. The minimum Gasteiger partial charge on any atom is -0.497 e. The Morgan fingerprint density at radius 2 is 1.53 bits per heavy atom. The standard InChI is InChI=1S/C31H31NO4/c1-34-24-16-21(17-25(18-24)35-2)13-20-14-22-11-12-23(15-20)32(22)31(33)36-19-30-28-9-5-3-7-26(28)27-8-4-6-10-29(27)30/h3-10,14,16-18,22-23,30H,11-13,15,19H2,1-2H3. The minimum absolute atomic E-state index is 0.0814. The van der Waals surface area contributed by atoms with Crippen LogP contribution in [-0.2, 0) is 11.2 Å². The van der Waals surface area contributed by atoms with Gasteiger partial charge in [0.15, 0.2) is 0 Å². The molecule has 3 aliphatic rings. The van der Waals surface area contributed by atoms with E-state index in [1.807, 2.05) is 11.0 Å². The summed E-state index contributed by atoms with van der Waals surface area (Å²) in [6.07, 6.45) is 5.79. The molecule has 2 heterocycles. The molecule has 2 aliphatic heterocycles. The molecule has 184 valence electrons. The fraction of sp³-hybridized carbons (Fsp3) is 0.323. The van der Waals surface area contributed by atoms with E-state index in [9.17, 15) is 4.79 Å². The van der Waals surface area contributed by atoms with Crippen LogP contribution in [0.25, 0.3) is 11.1 Å². The molecule has 0 saturated carbocycles. The number of benzene rings is 3. The molecule has 1 amide bonds. The Kier molecular flexibility index (Phi) is 5.92. The van der Waals surface area contributed by atoms with Crippen LogP contribution >= 0.6 is 0 Å². The Bertz CT molecular complexity index is 1260. The van der Waals surface area contributed by atoms with Gasteiger partial charge >= 0.3 is 6.09 Å². The van der Waals surface area contributed by atoms with E-state index in [0.29, 0.717) is 6.61 Å². The Labute approximate surface area is 212 Å². The van der Waals surface area contributed by atoms with Crippen molar-refractivity contribution in [3.05, 3.63) is 95.1 Å². The summed E-state index contributed by atoms with van der Waals surface area (Å²) >= 11 is 0. The molecular formula is C31H31NO4. The van der Waals surface area contributed by atoms with Crippen molar-refractivity contribution in [2.24, 2.45) is 0 Å². The molecule has 0 spiro atoms. The summed E-state index contributed by atoms with van der Waals surface area (Å²) in [4.78, 5) is 15.3. The van der Waals surface area contributed by atoms with Gasteiger partial charge in [0, 0.05) is 18.0 Å². The van der Waals surface area contributed by atoms with Crippen molar-refractivity contribution < 1.29 is 19.0 Å². The Morgan fingerprint density at radius 3 is 2.14 bits per heavy atom. The average molecular weight is 482 g/mol. The fourth-order valence-electron chi connectivity index (χ4n) is 6.23. The van der Waals surface area contributed by atoms with Crippen LogP contribution in [0.3, 0.4) is 0 Å². The average Bonchev–Trinajstić information content (AvgIpc) is 3.38. The number of carbonyl (C=O) groups is 1. The molecule has 3 aromatic carbocycles. The maximum Gasteiger partial charge on any atom is 0.410 e. The van der Waals surface area contributed by atoms with Gasteiger partial charge in [-0.25, -0.2) is 4.79 Å². The lowest BCUT2D eigenvalue weighted by Crippen LogP contribution is -2.44. The molecule has 1 saturated heterocycles. The summed E-state index contributed by atoms with van der Waals surface area (Å²) < 4.78 is 16.9. The van der Waals surface area contributed by atoms with Gasteiger partial charge < -0.3 is 14.2 Å². The highest BCUT2D eigenvalue weighted by atomic mass is 16.6. The van der Waals surface area contributed by atoms with E-state index < -0.39 is 0 Å². The molecule has 5 heteroatoms. The van der Waals surface area contributed by atoms with Crippen LogP contribution in [0.15, 0.2) is 78.4 Å². The Balaban J connectivity index is 1.15. The summed E-state index contributed by atoms with van der Waals surface area (Å²) in [5.41, 5.74) is 7.49. The minimum atomic E-state index is -0.192. The molecular weight excluding hydrogens is 450 g/mol. The summed E-state index contributed by atoms with van der Waals surface area (Å²) in [5.74, 6) is 1.67. The number of hydrogen-bond acceptors (Lipinski definition) is 4. The second-order valence-electron chi connectivity index (χ2n) is 9.94. The highest BCUT2D eigenvalue weighted by Crippen LogP contribution is 2.45. The Morgan fingerprint density at radius 1 is 0.889 bits per heavy atom. The van der Waals surface area contributed by atoms with Gasteiger partial charge in [0.1, 0.15) is 18.1 Å². The first-order chi connectivity index (χ1) is 17.6. The molecule has 5 nitrogen and oxygen atoms in total. The largest absolute Gasteiger partial charge is 0.497 e. The number of carbonyl (C=O) groups excluding carboxylic acids is 1. The topological polar surface area (TPSA) is 48.0 Å². The second kappa shape index (κ2) is 9.38. The van der Waals surface area contributed by atoms with Crippen LogP contribution < -0.4 is 9.47 Å². The van der Waals surface area contributed by atoms with E-state index in [4.69, 9.17) is 14.2 Å². The van der Waals surface area contributed by atoms with Gasteiger partial charge in [-0.1, -0.05) is 60.2 Å². The third-order valence-electron chi connectivity index (χ3n) is 7.86. The molecule has 2 unspecified atom stereocenters. The smallest absolute Gasteiger partial charge is 0.410 e. The number of methoxy groups -OCH3 is 2. The number of rotatable bonds is 6. The zero-order chi connectivity index (χ0) is 24.6. The zero-order valence-electron chi connectivity index (χ0n) is 20.8. The van der Waals surface area contributed by atoms with Crippen LogP contribution in [0.2, 0.25) is 0 Å². The number of nitrogens with zero attached hydrogens (tertiary/aromatic N) is 1. The molecule has 2 bridgehead atoms. The number of fused-ring (bicyclic) bond motifs is 5. The van der Waals surface area contributed by atoms with Gasteiger partial charge in [0.05, 0.1) is 20.3 Å².